The summed E-state index contributed by atoms with van der Waals surface area (Å²) in [4.78, 5) is 13.7. The van der Waals surface area contributed by atoms with Crippen LogP contribution in [0, 0.1) is 0 Å². The number of halogens is 3. The Labute approximate surface area is 135 Å². The van der Waals surface area contributed by atoms with E-state index in [-0.39, 0.29) is 31.2 Å². The lowest BCUT2D eigenvalue weighted by atomic mass is 10.0. The van der Waals surface area contributed by atoms with Crippen molar-refractivity contribution in [1.29, 1.82) is 0 Å². The molecule has 1 fully saturated rings. The minimum atomic E-state index is -4.47. The maximum atomic E-state index is 13.1. The number of hydrogen-bond donors (Lipinski definition) is 0. The molecule has 1 aromatic carbocycles. The predicted molar refractivity (Wildman–Crippen MR) is 74.5 cm³/mol. The number of aromatic nitrogens is 4. The van der Waals surface area contributed by atoms with Crippen LogP contribution in [0.4, 0.5) is 13.2 Å². The highest BCUT2D eigenvalue weighted by Gasteiger charge is 2.37. The Kier molecular flexibility index (Phi) is 4.47. The molecule has 128 valence electrons. The molecule has 24 heavy (non-hydrogen) atoms. The molecule has 10 heteroatoms. The minimum Gasteiger partial charge on any atom is -0.370 e. The molecule has 0 N–H and O–H groups in total. The third-order valence-electron chi connectivity index (χ3n) is 3.72. The van der Waals surface area contributed by atoms with Gasteiger partial charge in [-0.1, -0.05) is 18.2 Å². The number of rotatable bonds is 3. The van der Waals surface area contributed by atoms with Gasteiger partial charge in [0.2, 0.25) is 5.91 Å². The zero-order valence-electron chi connectivity index (χ0n) is 12.5. The van der Waals surface area contributed by atoms with E-state index in [0.717, 1.165) is 6.07 Å². The van der Waals surface area contributed by atoms with Gasteiger partial charge in [0, 0.05) is 6.54 Å². The molecule has 2 aromatic rings. The fraction of sp³-hybridized carbons (Fsp3) is 0.429. The monoisotopic (exact) mass is 341 g/mol. The van der Waals surface area contributed by atoms with Gasteiger partial charge in [-0.05, 0) is 22.1 Å². The number of carbonyl (C=O) groups is 1. The second-order valence-corrected chi connectivity index (χ2v) is 5.29. The lowest BCUT2D eigenvalue weighted by molar-refractivity contribution is -0.143. The van der Waals surface area contributed by atoms with Crippen LogP contribution in [0.15, 0.2) is 30.6 Å². The highest BCUT2D eigenvalue weighted by molar-refractivity contribution is 5.76. The molecular formula is C14H14F3N5O2. The summed E-state index contributed by atoms with van der Waals surface area (Å²) in [6.45, 7) is 0.457. The van der Waals surface area contributed by atoms with E-state index < -0.39 is 17.8 Å². The van der Waals surface area contributed by atoms with E-state index >= 15 is 0 Å². The van der Waals surface area contributed by atoms with Crippen molar-refractivity contribution in [2.24, 2.45) is 0 Å². The van der Waals surface area contributed by atoms with Gasteiger partial charge in [0.05, 0.1) is 18.7 Å². The van der Waals surface area contributed by atoms with Gasteiger partial charge in [-0.3, -0.25) is 4.79 Å². The second kappa shape index (κ2) is 6.56. The van der Waals surface area contributed by atoms with E-state index in [2.05, 4.69) is 15.5 Å². The molecule has 1 aromatic heterocycles. The van der Waals surface area contributed by atoms with Crippen LogP contribution >= 0.6 is 0 Å². The lowest BCUT2D eigenvalue weighted by Crippen LogP contribution is -2.44. The average molecular weight is 341 g/mol. The number of tetrazole rings is 1. The van der Waals surface area contributed by atoms with Gasteiger partial charge in [-0.2, -0.15) is 13.2 Å². The first-order valence-corrected chi connectivity index (χ1v) is 7.21. The number of morpholine rings is 1. The lowest BCUT2D eigenvalue weighted by Gasteiger charge is -2.34. The van der Waals surface area contributed by atoms with Crippen LogP contribution in [0.2, 0.25) is 0 Å². The molecule has 0 aliphatic carbocycles. The van der Waals surface area contributed by atoms with Crippen LogP contribution in [0.3, 0.4) is 0 Å². The molecule has 0 spiro atoms. The Bertz CT molecular complexity index is 705. The van der Waals surface area contributed by atoms with Crippen molar-refractivity contribution >= 4 is 5.91 Å². The molecule has 2 heterocycles. The van der Waals surface area contributed by atoms with Crippen molar-refractivity contribution < 1.29 is 22.7 Å². The van der Waals surface area contributed by atoms with Crippen molar-refractivity contribution in [3.63, 3.8) is 0 Å². The summed E-state index contributed by atoms with van der Waals surface area (Å²) >= 11 is 0. The SMILES string of the molecule is O=C(Cn1cnnn1)N1CCO[C@@H](c2ccccc2C(F)(F)F)C1. The molecule has 0 saturated carbocycles. The van der Waals surface area contributed by atoms with Crippen LogP contribution in [0.25, 0.3) is 0 Å². The van der Waals surface area contributed by atoms with Crippen LogP contribution < -0.4 is 0 Å². The molecule has 1 amide bonds. The summed E-state index contributed by atoms with van der Waals surface area (Å²) in [7, 11) is 0. The molecule has 0 radical (unpaired) electrons. The van der Waals surface area contributed by atoms with E-state index in [1.807, 2.05) is 0 Å². The molecule has 1 saturated heterocycles. The fourth-order valence-corrected chi connectivity index (χ4v) is 2.59. The molecule has 1 atom stereocenters. The Morgan fingerprint density at radius 3 is 2.83 bits per heavy atom. The van der Waals surface area contributed by atoms with Crippen molar-refractivity contribution in [2.75, 3.05) is 19.7 Å². The first-order chi connectivity index (χ1) is 11.4. The highest BCUT2D eigenvalue weighted by Crippen LogP contribution is 2.36. The highest BCUT2D eigenvalue weighted by atomic mass is 19.4. The molecule has 7 nitrogen and oxygen atoms in total. The molecule has 3 rings (SSSR count). The number of carbonyl (C=O) groups excluding carboxylic acids is 1. The Morgan fingerprint density at radius 2 is 2.12 bits per heavy atom. The van der Waals surface area contributed by atoms with Gasteiger partial charge in [-0.25, -0.2) is 4.68 Å². The standard InChI is InChI=1S/C14H14F3N5O2/c15-14(16,17)11-4-2-1-3-10(11)12-7-21(5-6-24-12)13(23)8-22-9-18-19-20-22/h1-4,9,12H,5-8H2/t12-/m1/s1. The fourth-order valence-electron chi connectivity index (χ4n) is 2.59. The quantitative estimate of drug-likeness (QED) is 0.841. The second-order valence-electron chi connectivity index (χ2n) is 5.29. The molecule has 0 bridgehead atoms. The zero-order chi connectivity index (χ0) is 17.2. The summed E-state index contributed by atoms with van der Waals surface area (Å²) < 4.78 is 46.2. The van der Waals surface area contributed by atoms with E-state index in [9.17, 15) is 18.0 Å². The van der Waals surface area contributed by atoms with Gasteiger partial charge >= 0.3 is 6.18 Å². The predicted octanol–water partition coefficient (Wildman–Crippen LogP) is 1.29. The third kappa shape index (κ3) is 3.53. The number of hydrogen-bond acceptors (Lipinski definition) is 5. The van der Waals surface area contributed by atoms with Crippen LogP contribution in [0.1, 0.15) is 17.2 Å². The first kappa shape index (κ1) is 16.4. The van der Waals surface area contributed by atoms with Crippen molar-refractivity contribution in [3.8, 4) is 0 Å². The first-order valence-electron chi connectivity index (χ1n) is 7.21. The summed E-state index contributed by atoms with van der Waals surface area (Å²) in [5.41, 5.74) is -0.713. The Hall–Kier alpha value is -2.49. The van der Waals surface area contributed by atoms with Gasteiger partial charge < -0.3 is 9.64 Å². The van der Waals surface area contributed by atoms with Crippen molar-refractivity contribution in [1.82, 2.24) is 25.1 Å². The third-order valence-corrected chi connectivity index (χ3v) is 3.72. The summed E-state index contributed by atoms with van der Waals surface area (Å²) in [6.07, 6.45) is -4.00. The Morgan fingerprint density at radius 1 is 1.33 bits per heavy atom. The summed E-state index contributed by atoms with van der Waals surface area (Å²) in [5, 5.41) is 10.5. The maximum absolute atomic E-state index is 13.1. The number of ether oxygens (including phenoxy) is 1. The van der Waals surface area contributed by atoms with E-state index in [1.165, 1.54) is 34.1 Å². The largest absolute Gasteiger partial charge is 0.416 e. The topological polar surface area (TPSA) is 73.1 Å². The number of nitrogens with zero attached hydrogens (tertiary/aromatic N) is 5. The molecule has 0 unspecified atom stereocenters. The number of alkyl halides is 3. The summed E-state index contributed by atoms with van der Waals surface area (Å²) in [5.74, 6) is -0.278. The van der Waals surface area contributed by atoms with Crippen molar-refractivity contribution in [3.05, 3.63) is 41.7 Å². The molecular weight excluding hydrogens is 327 g/mol. The maximum Gasteiger partial charge on any atom is 0.416 e. The molecule has 1 aliphatic rings. The number of benzene rings is 1. The van der Waals surface area contributed by atoms with E-state index in [4.69, 9.17) is 4.74 Å². The van der Waals surface area contributed by atoms with Crippen LogP contribution in [0.5, 0.6) is 0 Å². The van der Waals surface area contributed by atoms with Crippen LogP contribution in [-0.4, -0.2) is 50.7 Å². The summed E-state index contributed by atoms with van der Waals surface area (Å²) in [6, 6.07) is 5.24. The van der Waals surface area contributed by atoms with Gasteiger partial charge in [0.1, 0.15) is 19.0 Å². The van der Waals surface area contributed by atoms with Gasteiger partial charge in [0.15, 0.2) is 0 Å². The van der Waals surface area contributed by atoms with Gasteiger partial charge in [0.25, 0.3) is 0 Å². The van der Waals surface area contributed by atoms with E-state index in [0.29, 0.717) is 6.54 Å². The minimum absolute atomic E-state index is 0.0323. The van der Waals surface area contributed by atoms with E-state index in [1.54, 1.807) is 0 Å². The number of amides is 1. The normalized spacial score (nSPS) is 18.6. The average Bonchev–Trinajstić information content (AvgIpc) is 3.07. The Balaban J connectivity index is 1.75. The van der Waals surface area contributed by atoms with Crippen LogP contribution in [-0.2, 0) is 22.3 Å². The van der Waals surface area contributed by atoms with Gasteiger partial charge in [-0.15, -0.1) is 5.10 Å². The zero-order valence-corrected chi connectivity index (χ0v) is 12.5. The molecule has 1 aliphatic heterocycles. The smallest absolute Gasteiger partial charge is 0.370 e. The van der Waals surface area contributed by atoms with Crippen molar-refractivity contribution in [2.45, 2.75) is 18.8 Å².